The quantitative estimate of drug-likeness (QED) is 0.690. The van der Waals surface area contributed by atoms with Gasteiger partial charge in [-0.1, -0.05) is 0 Å². The maximum absolute atomic E-state index is 13.5. The third-order valence-electron chi connectivity index (χ3n) is 7.53. The first kappa shape index (κ1) is 20.7. The van der Waals surface area contributed by atoms with Gasteiger partial charge >= 0.3 is 0 Å². The van der Waals surface area contributed by atoms with Gasteiger partial charge in [0.1, 0.15) is 5.75 Å². The summed E-state index contributed by atoms with van der Waals surface area (Å²) in [6.07, 6.45) is 8.03. The second-order valence-corrected chi connectivity index (χ2v) is 11.3. The van der Waals surface area contributed by atoms with Gasteiger partial charge in [0, 0.05) is 12.6 Å². The van der Waals surface area contributed by atoms with E-state index in [4.69, 9.17) is 9.47 Å². The Morgan fingerprint density at radius 3 is 2.53 bits per heavy atom. The SMILES string of the molecule is COc1ccc(S(=O)(=O)N[C@H]2C[C@H]3CNC[C@H]3C[C@@H]2OCC2CC2)c2c1CCCC2. The second kappa shape index (κ2) is 8.41. The van der Waals surface area contributed by atoms with Gasteiger partial charge in [0.2, 0.25) is 10.0 Å². The largest absolute Gasteiger partial charge is 0.496 e. The summed E-state index contributed by atoms with van der Waals surface area (Å²) in [6.45, 7) is 2.78. The fourth-order valence-corrected chi connectivity index (χ4v) is 7.21. The molecule has 3 aliphatic carbocycles. The lowest BCUT2D eigenvalue weighted by molar-refractivity contribution is -0.0170. The molecule has 7 heteroatoms. The van der Waals surface area contributed by atoms with E-state index in [0.29, 0.717) is 22.6 Å². The van der Waals surface area contributed by atoms with Crippen molar-refractivity contribution < 1.29 is 17.9 Å². The first-order chi connectivity index (χ1) is 14.5. The summed E-state index contributed by atoms with van der Waals surface area (Å²) < 4.78 is 42.0. The molecule has 3 fully saturated rings. The van der Waals surface area contributed by atoms with Crippen LogP contribution in [0.15, 0.2) is 17.0 Å². The first-order valence-electron chi connectivity index (χ1n) is 11.6. The molecule has 6 nitrogen and oxygen atoms in total. The summed E-state index contributed by atoms with van der Waals surface area (Å²) >= 11 is 0. The number of benzene rings is 1. The molecule has 0 amide bonds. The molecule has 0 radical (unpaired) electrons. The van der Waals surface area contributed by atoms with Gasteiger partial charge in [-0.2, -0.15) is 0 Å². The van der Waals surface area contributed by atoms with Crippen LogP contribution in [0.4, 0.5) is 0 Å². The molecule has 30 heavy (non-hydrogen) atoms. The molecule has 4 aliphatic rings. The summed E-state index contributed by atoms with van der Waals surface area (Å²) in [6, 6.07) is 3.39. The Morgan fingerprint density at radius 1 is 1.07 bits per heavy atom. The highest BCUT2D eigenvalue weighted by Crippen LogP contribution is 2.38. The fourth-order valence-electron chi connectivity index (χ4n) is 5.64. The number of hydrogen-bond acceptors (Lipinski definition) is 5. The molecule has 2 N–H and O–H groups in total. The van der Waals surface area contributed by atoms with Crippen molar-refractivity contribution in [1.29, 1.82) is 0 Å². The molecule has 0 spiro atoms. The Balaban J connectivity index is 1.39. The Kier molecular flexibility index (Phi) is 5.82. The lowest BCUT2D eigenvalue weighted by Crippen LogP contribution is -2.50. The third kappa shape index (κ3) is 4.14. The molecule has 4 atom stereocenters. The number of rotatable bonds is 7. The Labute approximate surface area is 180 Å². The van der Waals surface area contributed by atoms with Crippen LogP contribution in [0.3, 0.4) is 0 Å². The minimum absolute atomic E-state index is 0.0319. The summed E-state index contributed by atoms with van der Waals surface area (Å²) in [7, 11) is -1.96. The van der Waals surface area contributed by atoms with E-state index >= 15 is 0 Å². The van der Waals surface area contributed by atoms with Gasteiger partial charge in [-0.15, -0.1) is 0 Å². The molecule has 1 aromatic rings. The van der Waals surface area contributed by atoms with Crippen molar-refractivity contribution in [3.05, 3.63) is 23.3 Å². The molecule has 0 aromatic heterocycles. The topological polar surface area (TPSA) is 76.7 Å². The van der Waals surface area contributed by atoms with Gasteiger partial charge in [0.15, 0.2) is 0 Å². The molecule has 1 aromatic carbocycles. The lowest BCUT2D eigenvalue weighted by Gasteiger charge is -2.38. The zero-order valence-electron chi connectivity index (χ0n) is 17.9. The van der Waals surface area contributed by atoms with Gasteiger partial charge in [-0.25, -0.2) is 13.1 Å². The van der Waals surface area contributed by atoms with E-state index < -0.39 is 10.0 Å². The summed E-state index contributed by atoms with van der Waals surface area (Å²) in [5.41, 5.74) is 2.01. The van der Waals surface area contributed by atoms with Crippen molar-refractivity contribution in [3.8, 4) is 5.75 Å². The Hall–Kier alpha value is -1.15. The summed E-state index contributed by atoms with van der Waals surface area (Å²) in [5.74, 6) is 2.62. The van der Waals surface area contributed by atoms with Crippen molar-refractivity contribution in [3.63, 3.8) is 0 Å². The van der Waals surface area contributed by atoms with Crippen LogP contribution in [-0.4, -0.2) is 47.4 Å². The standard InChI is InChI=1S/C23H34N2O4S/c1-28-21-8-9-23(19-5-3-2-4-18(19)21)30(26,27)25-20-10-16-12-24-13-17(16)11-22(20)29-14-15-6-7-15/h8-9,15-17,20,22,24-25H,2-7,10-14H2,1H3/t16-,17+,20-,22-/m0/s1. The van der Waals surface area contributed by atoms with Crippen molar-refractivity contribution in [2.75, 3.05) is 26.8 Å². The lowest BCUT2D eigenvalue weighted by atomic mass is 9.77. The van der Waals surface area contributed by atoms with Crippen LogP contribution in [0.1, 0.15) is 49.7 Å². The van der Waals surface area contributed by atoms with Crippen molar-refractivity contribution in [1.82, 2.24) is 10.0 Å². The van der Waals surface area contributed by atoms with Crippen LogP contribution < -0.4 is 14.8 Å². The average Bonchev–Trinajstić information content (AvgIpc) is 3.47. The van der Waals surface area contributed by atoms with Crippen molar-refractivity contribution in [2.24, 2.45) is 17.8 Å². The molecule has 0 bridgehead atoms. The van der Waals surface area contributed by atoms with Gasteiger partial charge in [0.05, 0.1) is 18.1 Å². The molecule has 0 unspecified atom stereocenters. The first-order valence-corrected chi connectivity index (χ1v) is 13.1. The molecular formula is C23H34N2O4S. The van der Waals surface area contributed by atoms with Crippen LogP contribution in [0, 0.1) is 17.8 Å². The van der Waals surface area contributed by atoms with Gasteiger partial charge in [-0.05, 0) is 105 Å². The highest BCUT2D eigenvalue weighted by atomic mass is 32.2. The molecule has 1 saturated heterocycles. The summed E-state index contributed by atoms with van der Waals surface area (Å²) in [4.78, 5) is 0.436. The predicted octanol–water partition coefficient (Wildman–Crippen LogP) is 2.65. The van der Waals surface area contributed by atoms with E-state index in [1.54, 1.807) is 13.2 Å². The molecular weight excluding hydrogens is 400 g/mol. The summed E-state index contributed by atoms with van der Waals surface area (Å²) in [5, 5.41) is 3.48. The fraction of sp³-hybridized carbons (Fsp3) is 0.739. The molecule has 1 heterocycles. The third-order valence-corrected chi connectivity index (χ3v) is 9.10. The van der Waals surface area contributed by atoms with E-state index in [-0.39, 0.29) is 12.1 Å². The van der Waals surface area contributed by atoms with Crippen LogP contribution in [0.5, 0.6) is 5.75 Å². The van der Waals surface area contributed by atoms with E-state index in [2.05, 4.69) is 10.0 Å². The number of ether oxygens (including phenoxy) is 2. The number of nitrogens with one attached hydrogen (secondary N) is 2. The normalized spacial score (nSPS) is 31.2. The van der Waals surface area contributed by atoms with Gasteiger partial charge < -0.3 is 14.8 Å². The van der Waals surface area contributed by atoms with Crippen molar-refractivity contribution >= 4 is 10.0 Å². The highest BCUT2D eigenvalue weighted by molar-refractivity contribution is 7.89. The van der Waals surface area contributed by atoms with Crippen molar-refractivity contribution in [2.45, 2.75) is 68.4 Å². The van der Waals surface area contributed by atoms with Gasteiger partial charge in [0.25, 0.3) is 0 Å². The molecule has 166 valence electrons. The Bertz CT molecular complexity index is 883. The smallest absolute Gasteiger partial charge is 0.241 e. The Morgan fingerprint density at radius 2 is 1.80 bits per heavy atom. The van der Waals surface area contributed by atoms with E-state index in [0.717, 1.165) is 75.1 Å². The van der Waals surface area contributed by atoms with Crippen LogP contribution in [-0.2, 0) is 27.6 Å². The number of sulfonamides is 1. The molecule has 1 aliphatic heterocycles. The highest BCUT2D eigenvalue weighted by Gasteiger charge is 2.42. The minimum atomic E-state index is -3.62. The maximum Gasteiger partial charge on any atom is 0.241 e. The zero-order valence-corrected chi connectivity index (χ0v) is 18.7. The van der Waals surface area contributed by atoms with Crippen LogP contribution >= 0.6 is 0 Å². The molecule has 2 saturated carbocycles. The predicted molar refractivity (Wildman–Crippen MR) is 115 cm³/mol. The van der Waals surface area contributed by atoms with E-state index in [9.17, 15) is 8.42 Å². The van der Waals surface area contributed by atoms with E-state index in [1.165, 1.54) is 12.8 Å². The number of fused-ring (bicyclic) bond motifs is 2. The minimum Gasteiger partial charge on any atom is -0.496 e. The number of hydrogen-bond donors (Lipinski definition) is 2. The molecule has 5 rings (SSSR count). The van der Waals surface area contributed by atoms with E-state index in [1.807, 2.05) is 6.07 Å². The van der Waals surface area contributed by atoms with Gasteiger partial charge in [-0.3, -0.25) is 0 Å². The average molecular weight is 435 g/mol. The zero-order chi connectivity index (χ0) is 20.7. The number of methoxy groups -OCH3 is 1. The monoisotopic (exact) mass is 434 g/mol. The van der Waals surface area contributed by atoms with Crippen LogP contribution in [0.2, 0.25) is 0 Å². The maximum atomic E-state index is 13.5. The van der Waals surface area contributed by atoms with Crippen LogP contribution in [0.25, 0.3) is 0 Å². The second-order valence-electron chi connectivity index (χ2n) is 9.62.